The summed E-state index contributed by atoms with van der Waals surface area (Å²) < 4.78 is 2.21. The third kappa shape index (κ3) is 3.13. The summed E-state index contributed by atoms with van der Waals surface area (Å²) in [5.74, 6) is -0.313. The van der Waals surface area contributed by atoms with Gasteiger partial charge in [0.05, 0.1) is 0 Å². The fourth-order valence-corrected chi connectivity index (χ4v) is 1.88. The van der Waals surface area contributed by atoms with Crippen molar-refractivity contribution in [3.8, 4) is 0 Å². The molecule has 6 heteroatoms. The molecule has 0 N–H and O–H groups in total. The quantitative estimate of drug-likeness (QED) is 0.773. The highest BCUT2D eigenvalue weighted by atomic mass is 16.2. The highest BCUT2D eigenvalue weighted by Crippen LogP contribution is 2.01. The van der Waals surface area contributed by atoms with Crippen molar-refractivity contribution in [2.75, 3.05) is 13.1 Å². The molecule has 1 heterocycles. The zero-order valence-electron chi connectivity index (χ0n) is 12.0. The summed E-state index contributed by atoms with van der Waals surface area (Å²) in [4.78, 5) is 37.5. The summed E-state index contributed by atoms with van der Waals surface area (Å²) >= 11 is 0. The second-order valence-corrected chi connectivity index (χ2v) is 4.54. The average molecular weight is 267 g/mol. The third-order valence-corrected chi connectivity index (χ3v) is 3.13. The second kappa shape index (κ2) is 6.36. The molecule has 19 heavy (non-hydrogen) atoms. The van der Waals surface area contributed by atoms with Crippen molar-refractivity contribution in [2.45, 2.75) is 26.7 Å². The van der Waals surface area contributed by atoms with Crippen molar-refractivity contribution >= 4 is 5.91 Å². The van der Waals surface area contributed by atoms with E-state index in [9.17, 15) is 14.4 Å². The van der Waals surface area contributed by atoms with E-state index in [1.807, 2.05) is 13.8 Å². The lowest BCUT2D eigenvalue weighted by Gasteiger charge is -2.20. The normalized spacial score (nSPS) is 10.5. The Labute approximate surface area is 112 Å². The molecule has 106 valence electrons. The number of unbranched alkanes of at least 4 members (excludes halogenated alkanes) is 1. The van der Waals surface area contributed by atoms with Crippen LogP contribution in [0.2, 0.25) is 0 Å². The van der Waals surface area contributed by atoms with Gasteiger partial charge in [-0.05, 0) is 13.3 Å². The molecule has 0 radical (unpaired) electrons. The van der Waals surface area contributed by atoms with E-state index in [1.165, 1.54) is 24.9 Å². The van der Waals surface area contributed by atoms with Crippen molar-refractivity contribution in [1.82, 2.24) is 14.0 Å². The molecule has 0 spiro atoms. The molecule has 0 fully saturated rings. The standard InChI is InChI=1S/C13H21N3O3/c1-5-7-8-16(6-2)12(18)10-9-14(3)13(19)15(4)11(10)17/h9H,5-8H2,1-4H3. The van der Waals surface area contributed by atoms with Crippen LogP contribution in [0, 0.1) is 0 Å². The first-order chi connectivity index (χ1) is 8.93. The predicted octanol–water partition coefficient (Wildman–Crippen LogP) is 0.346. The van der Waals surface area contributed by atoms with E-state index in [1.54, 1.807) is 4.90 Å². The van der Waals surface area contributed by atoms with E-state index in [0.717, 1.165) is 17.4 Å². The Kier molecular flexibility index (Phi) is 5.09. The fourth-order valence-electron chi connectivity index (χ4n) is 1.88. The van der Waals surface area contributed by atoms with E-state index in [2.05, 4.69) is 0 Å². The van der Waals surface area contributed by atoms with Crippen molar-refractivity contribution in [3.05, 3.63) is 32.6 Å². The number of aromatic nitrogens is 2. The van der Waals surface area contributed by atoms with Crippen LogP contribution in [0.5, 0.6) is 0 Å². The van der Waals surface area contributed by atoms with Gasteiger partial charge in [-0.15, -0.1) is 0 Å². The van der Waals surface area contributed by atoms with Crippen LogP contribution in [0.4, 0.5) is 0 Å². The van der Waals surface area contributed by atoms with Gasteiger partial charge in [0.1, 0.15) is 5.56 Å². The van der Waals surface area contributed by atoms with Gasteiger partial charge in [0.15, 0.2) is 0 Å². The molecule has 6 nitrogen and oxygen atoms in total. The van der Waals surface area contributed by atoms with Crippen LogP contribution >= 0.6 is 0 Å². The lowest BCUT2D eigenvalue weighted by molar-refractivity contribution is 0.0758. The molecule has 1 rings (SSSR count). The molecule has 0 saturated carbocycles. The Morgan fingerprint density at radius 1 is 1.26 bits per heavy atom. The largest absolute Gasteiger partial charge is 0.339 e. The molecule has 0 aliphatic carbocycles. The van der Waals surface area contributed by atoms with Crippen molar-refractivity contribution < 1.29 is 4.79 Å². The summed E-state index contributed by atoms with van der Waals surface area (Å²) in [7, 11) is 2.91. The minimum absolute atomic E-state index is 0.0440. The molecule has 1 aromatic heterocycles. The third-order valence-electron chi connectivity index (χ3n) is 3.13. The van der Waals surface area contributed by atoms with Gasteiger partial charge >= 0.3 is 5.69 Å². The van der Waals surface area contributed by atoms with Crippen molar-refractivity contribution in [1.29, 1.82) is 0 Å². The summed E-state index contributed by atoms with van der Waals surface area (Å²) in [6.07, 6.45) is 3.20. The molecular formula is C13H21N3O3. The smallest absolute Gasteiger partial charge is 0.330 e. The molecule has 1 amide bonds. The summed E-state index contributed by atoms with van der Waals surface area (Å²) in [6.45, 7) is 5.09. The SMILES string of the molecule is CCCCN(CC)C(=O)c1cn(C)c(=O)n(C)c1=O. The average Bonchev–Trinajstić information content (AvgIpc) is 2.41. The molecule has 1 aromatic rings. The molecule has 0 unspecified atom stereocenters. The summed E-state index contributed by atoms with van der Waals surface area (Å²) in [5, 5.41) is 0. The Morgan fingerprint density at radius 3 is 2.42 bits per heavy atom. The van der Waals surface area contributed by atoms with E-state index in [0.29, 0.717) is 13.1 Å². The number of carbonyl (C=O) groups excluding carboxylic acids is 1. The number of hydrogen-bond acceptors (Lipinski definition) is 3. The van der Waals surface area contributed by atoms with Gasteiger partial charge in [0.25, 0.3) is 11.5 Å². The molecule has 0 bridgehead atoms. The van der Waals surface area contributed by atoms with Crippen LogP contribution in [-0.2, 0) is 14.1 Å². The maximum Gasteiger partial charge on any atom is 0.330 e. The molecule has 0 saturated heterocycles. The van der Waals surface area contributed by atoms with Gasteiger partial charge in [-0.25, -0.2) is 4.79 Å². The Balaban J connectivity index is 3.19. The Hall–Kier alpha value is -1.85. The molecule has 0 atom stereocenters. The predicted molar refractivity (Wildman–Crippen MR) is 73.4 cm³/mol. The van der Waals surface area contributed by atoms with Gasteiger partial charge in [-0.2, -0.15) is 0 Å². The first-order valence-electron chi connectivity index (χ1n) is 6.49. The Bertz CT molecular complexity index is 571. The number of aryl methyl sites for hydroxylation is 1. The van der Waals surface area contributed by atoms with Gasteiger partial charge < -0.3 is 9.47 Å². The van der Waals surface area contributed by atoms with Gasteiger partial charge in [-0.1, -0.05) is 13.3 Å². The minimum Gasteiger partial charge on any atom is -0.339 e. The van der Waals surface area contributed by atoms with E-state index in [-0.39, 0.29) is 11.5 Å². The summed E-state index contributed by atoms with van der Waals surface area (Å²) in [6, 6.07) is 0. The monoisotopic (exact) mass is 267 g/mol. The molecular weight excluding hydrogens is 246 g/mol. The van der Waals surface area contributed by atoms with Crippen molar-refractivity contribution in [3.63, 3.8) is 0 Å². The Morgan fingerprint density at radius 2 is 1.89 bits per heavy atom. The van der Waals surface area contributed by atoms with E-state index < -0.39 is 11.2 Å². The van der Waals surface area contributed by atoms with E-state index >= 15 is 0 Å². The number of hydrogen-bond donors (Lipinski definition) is 0. The minimum atomic E-state index is -0.539. The zero-order valence-corrected chi connectivity index (χ0v) is 12.0. The second-order valence-electron chi connectivity index (χ2n) is 4.54. The van der Waals surface area contributed by atoms with Crippen LogP contribution < -0.4 is 11.2 Å². The number of rotatable bonds is 5. The van der Waals surface area contributed by atoms with Gasteiger partial charge in [0, 0.05) is 33.4 Å². The van der Waals surface area contributed by atoms with Crippen LogP contribution in [0.3, 0.4) is 0 Å². The molecule has 0 aromatic carbocycles. The zero-order chi connectivity index (χ0) is 14.6. The first kappa shape index (κ1) is 15.2. The maximum absolute atomic E-state index is 12.3. The number of carbonyl (C=O) groups is 1. The molecule has 0 aliphatic rings. The topological polar surface area (TPSA) is 64.3 Å². The van der Waals surface area contributed by atoms with Crippen LogP contribution in [0.25, 0.3) is 0 Å². The number of amides is 1. The fraction of sp³-hybridized carbons (Fsp3) is 0.615. The molecule has 0 aliphatic heterocycles. The highest BCUT2D eigenvalue weighted by molar-refractivity contribution is 5.93. The summed E-state index contributed by atoms with van der Waals surface area (Å²) in [5.41, 5.74) is -0.927. The number of nitrogens with zero attached hydrogens (tertiary/aromatic N) is 3. The van der Waals surface area contributed by atoms with E-state index in [4.69, 9.17) is 0 Å². The van der Waals surface area contributed by atoms with Gasteiger partial charge in [-0.3, -0.25) is 14.2 Å². The van der Waals surface area contributed by atoms with Crippen LogP contribution in [0.15, 0.2) is 15.8 Å². The maximum atomic E-state index is 12.3. The lowest BCUT2D eigenvalue weighted by Crippen LogP contribution is -2.43. The van der Waals surface area contributed by atoms with Gasteiger partial charge in [0.2, 0.25) is 0 Å². The van der Waals surface area contributed by atoms with Crippen LogP contribution in [0.1, 0.15) is 37.0 Å². The van der Waals surface area contributed by atoms with Crippen LogP contribution in [-0.4, -0.2) is 33.0 Å². The van der Waals surface area contributed by atoms with Crippen molar-refractivity contribution in [2.24, 2.45) is 14.1 Å². The first-order valence-corrected chi connectivity index (χ1v) is 6.49. The lowest BCUT2D eigenvalue weighted by atomic mass is 10.2. The highest BCUT2D eigenvalue weighted by Gasteiger charge is 2.19.